The fraction of sp³-hybridized carbons (Fsp3) is 1.00. The smallest absolute Gasteiger partial charge is 0.103 e. The molecule has 0 saturated heterocycles. The quantitative estimate of drug-likeness (QED) is 0.528. The van der Waals surface area contributed by atoms with E-state index in [2.05, 4.69) is 20.8 Å². The summed E-state index contributed by atoms with van der Waals surface area (Å²) >= 11 is 0. The van der Waals surface area contributed by atoms with Crippen LogP contribution in [0.3, 0.4) is 0 Å². The molecule has 12 heavy (non-hydrogen) atoms. The van der Waals surface area contributed by atoms with Crippen molar-refractivity contribution in [1.82, 2.24) is 0 Å². The first kappa shape index (κ1) is 10.0. The fourth-order valence-electron chi connectivity index (χ4n) is 2.45. The van der Waals surface area contributed by atoms with Gasteiger partial charge in [0.25, 0.3) is 0 Å². The molecule has 0 radical (unpaired) electrons. The third-order valence-electron chi connectivity index (χ3n) is 3.41. The van der Waals surface area contributed by atoms with Gasteiger partial charge in [-0.05, 0) is 24.2 Å². The fourth-order valence-corrected chi connectivity index (χ4v) is 2.45. The zero-order valence-corrected chi connectivity index (χ0v) is 8.52. The van der Waals surface area contributed by atoms with Crippen LogP contribution in [0.2, 0.25) is 0 Å². The average Bonchev–Trinajstić information content (AvgIpc) is 2.12. The average molecular weight is 172 g/mol. The lowest BCUT2D eigenvalue weighted by Crippen LogP contribution is -2.20. The first-order valence-electron chi connectivity index (χ1n) is 5.29. The predicted molar refractivity (Wildman–Crippen MR) is 50.9 cm³/mol. The summed E-state index contributed by atoms with van der Waals surface area (Å²) < 4.78 is 13.6. The number of alkyl halides is 1. The molecule has 4 atom stereocenters. The highest BCUT2D eigenvalue weighted by atomic mass is 19.1. The van der Waals surface area contributed by atoms with Crippen LogP contribution in [-0.2, 0) is 0 Å². The van der Waals surface area contributed by atoms with Gasteiger partial charge in [-0.15, -0.1) is 0 Å². The molecule has 0 N–H and O–H groups in total. The van der Waals surface area contributed by atoms with Crippen molar-refractivity contribution in [1.29, 1.82) is 0 Å². The number of halogens is 1. The molecule has 1 fully saturated rings. The van der Waals surface area contributed by atoms with E-state index < -0.39 is 6.17 Å². The molecule has 0 nitrogen and oxygen atoms in total. The van der Waals surface area contributed by atoms with E-state index in [1.165, 1.54) is 12.8 Å². The Morgan fingerprint density at radius 3 is 2.50 bits per heavy atom. The van der Waals surface area contributed by atoms with Crippen LogP contribution in [0.1, 0.15) is 46.5 Å². The summed E-state index contributed by atoms with van der Waals surface area (Å²) in [5, 5.41) is 0. The Kier molecular flexibility index (Phi) is 3.54. The summed E-state index contributed by atoms with van der Waals surface area (Å²) in [4.78, 5) is 0. The Hall–Kier alpha value is -0.0700. The van der Waals surface area contributed by atoms with Crippen molar-refractivity contribution >= 4 is 0 Å². The van der Waals surface area contributed by atoms with E-state index in [-0.39, 0.29) is 0 Å². The van der Waals surface area contributed by atoms with E-state index in [9.17, 15) is 4.39 Å². The van der Waals surface area contributed by atoms with Gasteiger partial charge in [0.15, 0.2) is 0 Å². The van der Waals surface area contributed by atoms with Gasteiger partial charge in [0, 0.05) is 0 Å². The molecular formula is C11H21F. The minimum atomic E-state index is -0.539. The molecular weight excluding hydrogens is 151 g/mol. The maximum absolute atomic E-state index is 13.6. The van der Waals surface area contributed by atoms with Crippen molar-refractivity contribution in [3.05, 3.63) is 0 Å². The van der Waals surface area contributed by atoms with E-state index in [1.54, 1.807) is 0 Å². The zero-order valence-electron chi connectivity index (χ0n) is 8.52. The Morgan fingerprint density at radius 2 is 1.92 bits per heavy atom. The maximum Gasteiger partial charge on any atom is 0.103 e. The van der Waals surface area contributed by atoms with Crippen LogP contribution in [0.25, 0.3) is 0 Å². The van der Waals surface area contributed by atoms with Gasteiger partial charge in [-0.2, -0.15) is 0 Å². The molecule has 1 heteroatoms. The van der Waals surface area contributed by atoms with Gasteiger partial charge in [-0.1, -0.05) is 40.0 Å². The minimum Gasteiger partial charge on any atom is -0.247 e. The molecule has 0 aliphatic heterocycles. The molecule has 0 aromatic heterocycles. The van der Waals surface area contributed by atoms with Crippen molar-refractivity contribution in [3.63, 3.8) is 0 Å². The molecule has 1 saturated carbocycles. The lowest BCUT2D eigenvalue weighted by atomic mass is 9.86. The first-order chi connectivity index (χ1) is 5.65. The second-order valence-electron chi connectivity index (χ2n) is 4.48. The SMILES string of the molecule is CC[C@@H]1[C@@H](C)CC[C@H](C)C[C@@H]1F. The highest BCUT2D eigenvalue weighted by Crippen LogP contribution is 2.35. The highest BCUT2D eigenvalue weighted by molar-refractivity contribution is 4.79. The van der Waals surface area contributed by atoms with Gasteiger partial charge in [0.05, 0.1) is 0 Å². The van der Waals surface area contributed by atoms with Gasteiger partial charge >= 0.3 is 0 Å². The van der Waals surface area contributed by atoms with Gasteiger partial charge in [-0.25, -0.2) is 4.39 Å². The normalized spacial score (nSPS) is 44.0. The second-order valence-corrected chi connectivity index (χ2v) is 4.48. The van der Waals surface area contributed by atoms with Gasteiger partial charge < -0.3 is 0 Å². The first-order valence-corrected chi connectivity index (χ1v) is 5.29. The van der Waals surface area contributed by atoms with Crippen LogP contribution in [0.4, 0.5) is 4.39 Å². The minimum absolute atomic E-state index is 0.329. The van der Waals surface area contributed by atoms with E-state index in [0.717, 1.165) is 12.8 Å². The zero-order chi connectivity index (χ0) is 9.14. The van der Waals surface area contributed by atoms with Crippen LogP contribution >= 0.6 is 0 Å². The van der Waals surface area contributed by atoms with Gasteiger partial charge in [-0.3, -0.25) is 0 Å². The predicted octanol–water partition coefficient (Wildman–Crippen LogP) is 3.81. The van der Waals surface area contributed by atoms with Crippen molar-refractivity contribution < 1.29 is 4.39 Å². The van der Waals surface area contributed by atoms with Crippen molar-refractivity contribution in [2.45, 2.75) is 52.6 Å². The standard InChI is InChI=1S/C11H21F/c1-4-10-9(3)6-5-8(2)7-11(10)12/h8-11H,4-7H2,1-3H3/t8-,9-,10+,11-/m0/s1. The lowest BCUT2D eigenvalue weighted by Gasteiger charge is -2.22. The molecule has 0 spiro atoms. The molecule has 1 aliphatic rings. The monoisotopic (exact) mass is 172 g/mol. The summed E-state index contributed by atoms with van der Waals surface area (Å²) in [6.45, 7) is 6.50. The molecule has 0 amide bonds. The molecule has 0 bridgehead atoms. The van der Waals surface area contributed by atoms with Crippen LogP contribution in [0.5, 0.6) is 0 Å². The molecule has 1 rings (SSSR count). The van der Waals surface area contributed by atoms with Crippen LogP contribution in [-0.4, -0.2) is 6.17 Å². The van der Waals surface area contributed by atoms with Crippen LogP contribution < -0.4 is 0 Å². The summed E-state index contributed by atoms with van der Waals surface area (Å²) in [5.41, 5.74) is 0. The number of rotatable bonds is 1. The second kappa shape index (κ2) is 4.25. The van der Waals surface area contributed by atoms with Gasteiger partial charge in [0.2, 0.25) is 0 Å². The van der Waals surface area contributed by atoms with Crippen molar-refractivity contribution in [2.24, 2.45) is 17.8 Å². The number of hydrogen-bond acceptors (Lipinski definition) is 0. The maximum atomic E-state index is 13.6. The molecule has 1 aliphatic carbocycles. The highest BCUT2D eigenvalue weighted by Gasteiger charge is 2.29. The van der Waals surface area contributed by atoms with E-state index in [4.69, 9.17) is 0 Å². The summed E-state index contributed by atoms with van der Waals surface area (Å²) in [5.74, 6) is 1.52. The molecule has 72 valence electrons. The van der Waals surface area contributed by atoms with E-state index in [1.807, 2.05) is 0 Å². The molecule has 0 aromatic rings. The van der Waals surface area contributed by atoms with Crippen LogP contribution in [0.15, 0.2) is 0 Å². The van der Waals surface area contributed by atoms with Crippen molar-refractivity contribution in [2.75, 3.05) is 0 Å². The van der Waals surface area contributed by atoms with E-state index >= 15 is 0 Å². The molecule has 0 unspecified atom stereocenters. The third kappa shape index (κ3) is 2.21. The Balaban J connectivity index is 2.58. The lowest BCUT2D eigenvalue weighted by molar-refractivity contribution is 0.162. The third-order valence-corrected chi connectivity index (χ3v) is 3.41. The summed E-state index contributed by atoms with van der Waals surface area (Å²) in [7, 11) is 0. The Morgan fingerprint density at radius 1 is 1.25 bits per heavy atom. The summed E-state index contributed by atoms with van der Waals surface area (Å²) in [6, 6.07) is 0. The Labute approximate surface area is 75.5 Å². The number of hydrogen-bond donors (Lipinski definition) is 0. The molecule has 0 heterocycles. The van der Waals surface area contributed by atoms with E-state index in [0.29, 0.717) is 17.8 Å². The van der Waals surface area contributed by atoms with Crippen molar-refractivity contribution in [3.8, 4) is 0 Å². The Bertz CT molecular complexity index is 133. The largest absolute Gasteiger partial charge is 0.247 e. The van der Waals surface area contributed by atoms with Crippen LogP contribution in [0, 0.1) is 17.8 Å². The topological polar surface area (TPSA) is 0 Å². The summed E-state index contributed by atoms with van der Waals surface area (Å²) in [6.07, 6.45) is 3.71. The molecule has 0 aromatic carbocycles. The van der Waals surface area contributed by atoms with Gasteiger partial charge in [0.1, 0.15) is 6.17 Å².